The summed E-state index contributed by atoms with van der Waals surface area (Å²) >= 11 is 6.02. The molecule has 0 bridgehead atoms. The Kier molecular flexibility index (Phi) is 9.18. The van der Waals surface area contributed by atoms with Crippen molar-refractivity contribution in [3.05, 3.63) is 52.8 Å². The van der Waals surface area contributed by atoms with Gasteiger partial charge in [-0.15, -0.1) is 0 Å². The minimum absolute atomic E-state index is 0.263. The molecule has 1 heterocycles. The number of nitrogens with one attached hydrogen (secondary N) is 1. The van der Waals surface area contributed by atoms with Crippen LogP contribution >= 0.6 is 11.6 Å². The number of rotatable bonds is 13. The number of aromatic nitrogens is 2. The molecule has 8 heteroatoms. The molecule has 0 radical (unpaired) electrons. The number of imidazole rings is 1. The molecule has 3 rings (SSSR count). The van der Waals surface area contributed by atoms with Gasteiger partial charge in [0.05, 0.1) is 22.5 Å². The van der Waals surface area contributed by atoms with Crippen LogP contribution in [0.3, 0.4) is 0 Å². The molecule has 3 aromatic rings. The van der Waals surface area contributed by atoms with Gasteiger partial charge in [0.1, 0.15) is 11.6 Å². The van der Waals surface area contributed by atoms with Gasteiger partial charge in [-0.1, -0.05) is 38.3 Å². The Morgan fingerprint density at radius 2 is 1.85 bits per heavy atom. The highest BCUT2D eigenvalue weighted by atomic mass is 35.5. The minimum Gasteiger partial charge on any atom is -0.493 e. The molecular weight excluding hydrogens is 458 g/mol. The molecule has 0 unspecified atom stereocenters. The van der Waals surface area contributed by atoms with E-state index in [0.29, 0.717) is 23.7 Å². The summed E-state index contributed by atoms with van der Waals surface area (Å²) < 4.78 is 36.1. The average molecular weight is 492 g/mol. The Morgan fingerprint density at radius 3 is 2.58 bits per heavy atom. The van der Waals surface area contributed by atoms with E-state index in [1.54, 1.807) is 12.1 Å². The van der Waals surface area contributed by atoms with E-state index in [9.17, 15) is 8.42 Å². The maximum absolute atomic E-state index is 12.6. The fourth-order valence-corrected chi connectivity index (χ4v) is 5.06. The van der Waals surface area contributed by atoms with Crippen molar-refractivity contribution < 1.29 is 13.2 Å². The van der Waals surface area contributed by atoms with Crippen LogP contribution in [-0.2, 0) is 23.0 Å². The number of sulfonamides is 1. The molecule has 33 heavy (non-hydrogen) atoms. The standard InChI is InChI=1S/C25H34ClN3O3S/c1-4-6-14-27-33(30,31)21-11-12-23-22(18-21)28-25(29(23)15-7-5-2)9-8-16-32-24-13-10-20(26)17-19(24)3/h10-13,17-18,27H,4-9,14-16H2,1-3H3. The highest BCUT2D eigenvalue weighted by Gasteiger charge is 2.17. The first-order valence-electron chi connectivity index (χ1n) is 11.7. The fraction of sp³-hybridized carbons (Fsp3) is 0.480. The van der Waals surface area contributed by atoms with Crippen LogP contribution in [0.2, 0.25) is 5.02 Å². The van der Waals surface area contributed by atoms with Crippen molar-refractivity contribution in [3.63, 3.8) is 0 Å². The summed E-state index contributed by atoms with van der Waals surface area (Å²) in [5.74, 6) is 1.80. The van der Waals surface area contributed by atoms with Gasteiger partial charge in [-0.05, 0) is 68.1 Å². The number of benzene rings is 2. The van der Waals surface area contributed by atoms with Gasteiger partial charge in [0.15, 0.2) is 0 Å². The molecule has 2 aromatic carbocycles. The van der Waals surface area contributed by atoms with Crippen molar-refractivity contribution in [3.8, 4) is 5.75 Å². The number of ether oxygens (including phenoxy) is 1. The predicted octanol–water partition coefficient (Wildman–Crippen LogP) is 5.89. The lowest BCUT2D eigenvalue weighted by molar-refractivity contribution is 0.307. The van der Waals surface area contributed by atoms with Crippen LogP contribution in [0.4, 0.5) is 0 Å². The topological polar surface area (TPSA) is 73.2 Å². The van der Waals surface area contributed by atoms with Gasteiger partial charge in [0.25, 0.3) is 0 Å². The quantitative estimate of drug-likeness (QED) is 0.302. The highest BCUT2D eigenvalue weighted by molar-refractivity contribution is 7.89. The van der Waals surface area contributed by atoms with Crippen molar-refractivity contribution in [2.45, 2.75) is 70.7 Å². The Morgan fingerprint density at radius 1 is 1.06 bits per heavy atom. The van der Waals surface area contributed by atoms with Crippen molar-refractivity contribution in [2.24, 2.45) is 0 Å². The molecule has 0 aliphatic carbocycles. The summed E-state index contributed by atoms with van der Waals surface area (Å²) in [7, 11) is -3.53. The molecule has 0 spiro atoms. The first kappa shape index (κ1) is 25.5. The van der Waals surface area contributed by atoms with Crippen LogP contribution < -0.4 is 9.46 Å². The molecule has 0 amide bonds. The third-order valence-corrected chi connectivity index (χ3v) is 7.30. The van der Waals surface area contributed by atoms with Crippen LogP contribution in [-0.4, -0.2) is 31.1 Å². The van der Waals surface area contributed by atoms with E-state index in [-0.39, 0.29) is 4.90 Å². The van der Waals surface area contributed by atoms with Gasteiger partial charge in [0, 0.05) is 24.5 Å². The van der Waals surface area contributed by atoms with Gasteiger partial charge in [0.2, 0.25) is 10.0 Å². The number of hydrogen-bond acceptors (Lipinski definition) is 4. The predicted molar refractivity (Wildman–Crippen MR) is 135 cm³/mol. The summed E-state index contributed by atoms with van der Waals surface area (Å²) in [4.78, 5) is 5.07. The van der Waals surface area contributed by atoms with E-state index in [1.807, 2.05) is 38.1 Å². The van der Waals surface area contributed by atoms with Gasteiger partial charge < -0.3 is 9.30 Å². The molecule has 0 saturated heterocycles. The van der Waals surface area contributed by atoms with E-state index in [0.717, 1.165) is 67.7 Å². The molecule has 0 fully saturated rings. The maximum atomic E-state index is 12.6. The van der Waals surface area contributed by atoms with E-state index < -0.39 is 10.0 Å². The largest absolute Gasteiger partial charge is 0.493 e. The van der Waals surface area contributed by atoms with Crippen LogP contribution in [0, 0.1) is 6.92 Å². The molecule has 180 valence electrons. The smallest absolute Gasteiger partial charge is 0.240 e. The zero-order valence-electron chi connectivity index (χ0n) is 19.7. The van der Waals surface area contributed by atoms with E-state index >= 15 is 0 Å². The van der Waals surface area contributed by atoms with Crippen molar-refractivity contribution >= 4 is 32.7 Å². The second kappa shape index (κ2) is 11.9. The zero-order valence-corrected chi connectivity index (χ0v) is 21.3. The number of halogens is 1. The highest BCUT2D eigenvalue weighted by Crippen LogP contribution is 2.24. The summed E-state index contributed by atoms with van der Waals surface area (Å²) in [6.45, 7) is 8.05. The monoisotopic (exact) mass is 491 g/mol. The number of unbranched alkanes of at least 4 members (excludes halogenated alkanes) is 2. The van der Waals surface area contributed by atoms with Crippen LogP contribution in [0.1, 0.15) is 57.3 Å². The van der Waals surface area contributed by atoms with Gasteiger partial charge in [-0.25, -0.2) is 18.1 Å². The molecule has 0 aliphatic heterocycles. The lowest BCUT2D eigenvalue weighted by Crippen LogP contribution is -2.24. The van der Waals surface area contributed by atoms with Crippen LogP contribution in [0.25, 0.3) is 11.0 Å². The molecule has 1 aromatic heterocycles. The summed E-state index contributed by atoms with van der Waals surface area (Å²) in [5, 5.41) is 0.700. The summed E-state index contributed by atoms with van der Waals surface area (Å²) in [6.07, 6.45) is 5.43. The van der Waals surface area contributed by atoms with Crippen molar-refractivity contribution in [1.82, 2.24) is 14.3 Å². The minimum atomic E-state index is -3.53. The third kappa shape index (κ3) is 6.71. The van der Waals surface area contributed by atoms with E-state index in [4.69, 9.17) is 21.3 Å². The van der Waals surface area contributed by atoms with E-state index in [2.05, 4.69) is 16.2 Å². The molecule has 0 aliphatic rings. The number of hydrogen-bond donors (Lipinski definition) is 1. The van der Waals surface area contributed by atoms with Gasteiger partial charge in [-0.2, -0.15) is 0 Å². The van der Waals surface area contributed by atoms with Crippen molar-refractivity contribution in [1.29, 1.82) is 0 Å². The molecule has 6 nitrogen and oxygen atoms in total. The lowest BCUT2D eigenvalue weighted by atomic mass is 10.2. The maximum Gasteiger partial charge on any atom is 0.240 e. The van der Waals surface area contributed by atoms with Crippen LogP contribution in [0.5, 0.6) is 5.75 Å². The number of fused-ring (bicyclic) bond motifs is 1. The summed E-state index contributed by atoms with van der Waals surface area (Å²) in [5.41, 5.74) is 2.70. The third-order valence-electron chi connectivity index (χ3n) is 5.61. The zero-order chi connectivity index (χ0) is 23.8. The normalized spacial score (nSPS) is 11.9. The SMILES string of the molecule is CCCCNS(=O)(=O)c1ccc2c(c1)nc(CCCOc1ccc(Cl)cc1C)n2CCCC. The average Bonchev–Trinajstić information content (AvgIpc) is 3.13. The van der Waals surface area contributed by atoms with Crippen LogP contribution in [0.15, 0.2) is 41.3 Å². The second-order valence-corrected chi connectivity index (χ2v) is 10.5. The Labute approximate surface area is 202 Å². The fourth-order valence-electron chi connectivity index (χ4n) is 3.74. The molecular formula is C25H34ClN3O3S. The Bertz CT molecular complexity index is 1180. The Hall–Kier alpha value is -2.09. The second-order valence-electron chi connectivity index (χ2n) is 8.30. The van der Waals surface area contributed by atoms with Gasteiger partial charge in [-0.3, -0.25) is 0 Å². The number of aryl methyl sites for hydroxylation is 3. The lowest BCUT2D eigenvalue weighted by Gasteiger charge is -2.11. The number of nitrogens with zero attached hydrogens (tertiary/aromatic N) is 2. The molecule has 0 atom stereocenters. The first-order valence-corrected chi connectivity index (χ1v) is 13.6. The molecule has 1 N–H and O–H groups in total. The molecule has 0 saturated carbocycles. The summed E-state index contributed by atoms with van der Waals surface area (Å²) in [6, 6.07) is 10.9. The first-order chi connectivity index (χ1) is 15.9. The van der Waals surface area contributed by atoms with E-state index in [1.165, 1.54) is 0 Å². The van der Waals surface area contributed by atoms with Gasteiger partial charge >= 0.3 is 0 Å². The Balaban J connectivity index is 1.75. The van der Waals surface area contributed by atoms with Crippen molar-refractivity contribution in [2.75, 3.05) is 13.2 Å².